The van der Waals surface area contributed by atoms with Crippen LogP contribution in [0.15, 0.2) is 17.5 Å². The van der Waals surface area contributed by atoms with E-state index in [2.05, 4.69) is 25.5 Å². The van der Waals surface area contributed by atoms with Crippen molar-refractivity contribution in [1.29, 1.82) is 0 Å². The Morgan fingerprint density at radius 2 is 2.00 bits per heavy atom. The third-order valence-corrected chi connectivity index (χ3v) is 4.97. The minimum absolute atomic E-state index is 0.0217. The highest BCUT2D eigenvalue weighted by molar-refractivity contribution is 7.12. The van der Waals surface area contributed by atoms with Crippen molar-refractivity contribution in [2.75, 3.05) is 36.4 Å². The van der Waals surface area contributed by atoms with E-state index in [9.17, 15) is 4.79 Å². The van der Waals surface area contributed by atoms with Crippen LogP contribution in [0.1, 0.15) is 33.9 Å². The van der Waals surface area contributed by atoms with Gasteiger partial charge in [0.05, 0.1) is 4.88 Å². The van der Waals surface area contributed by atoms with E-state index in [1.807, 2.05) is 31.4 Å². The number of amides is 1. The lowest BCUT2D eigenvalue weighted by Crippen LogP contribution is -2.28. The van der Waals surface area contributed by atoms with Crippen molar-refractivity contribution in [3.8, 4) is 0 Å². The molecule has 0 aromatic carbocycles. The number of nitrogens with zero attached hydrogens (tertiary/aromatic N) is 3. The van der Waals surface area contributed by atoms with Crippen LogP contribution >= 0.6 is 11.3 Å². The molecule has 2 aromatic heterocycles. The molecule has 1 aliphatic rings. The summed E-state index contributed by atoms with van der Waals surface area (Å²) in [5.41, 5.74) is 1.12. The normalized spacial score (nSPS) is 14.0. The maximum Gasteiger partial charge on any atom is 0.261 e. The summed E-state index contributed by atoms with van der Waals surface area (Å²) in [5, 5.41) is 8.18. The van der Waals surface area contributed by atoms with Crippen LogP contribution in [0, 0.1) is 13.8 Å². The lowest BCUT2D eigenvalue weighted by atomic mass is 10.3. The molecule has 0 unspecified atom stereocenters. The van der Waals surface area contributed by atoms with Gasteiger partial charge in [0.25, 0.3) is 5.91 Å². The molecule has 7 heteroatoms. The Balaban J connectivity index is 1.50. The number of rotatable bonds is 6. The van der Waals surface area contributed by atoms with Gasteiger partial charge in [-0.3, -0.25) is 4.79 Å². The third kappa shape index (κ3) is 4.23. The molecule has 2 aromatic rings. The lowest BCUT2D eigenvalue weighted by Gasteiger charge is -2.17. The molecule has 0 saturated carbocycles. The van der Waals surface area contributed by atoms with E-state index >= 15 is 0 Å². The number of aromatic nitrogens is 2. The Bertz CT molecular complexity index is 709. The van der Waals surface area contributed by atoms with Crippen LogP contribution in [0.3, 0.4) is 0 Å². The number of anilines is 2. The molecule has 1 fully saturated rings. The van der Waals surface area contributed by atoms with Crippen molar-refractivity contribution < 1.29 is 4.79 Å². The van der Waals surface area contributed by atoms with Gasteiger partial charge in [-0.25, -0.2) is 9.97 Å². The molecular weight excluding hydrogens is 322 g/mol. The minimum Gasteiger partial charge on any atom is -0.368 e. The fourth-order valence-electron chi connectivity index (χ4n) is 2.75. The molecule has 3 heterocycles. The van der Waals surface area contributed by atoms with E-state index in [1.54, 1.807) is 0 Å². The van der Waals surface area contributed by atoms with E-state index in [4.69, 9.17) is 0 Å². The second kappa shape index (κ2) is 7.61. The monoisotopic (exact) mass is 345 g/mol. The number of hydrogen-bond donors (Lipinski definition) is 2. The number of hydrogen-bond acceptors (Lipinski definition) is 6. The third-order valence-electron chi connectivity index (χ3n) is 3.93. The molecule has 1 aliphatic heterocycles. The largest absolute Gasteiger partial charge is 0.368 e. The first-order valence-corrected chi connectivity index (χ1v) is 9.17. The van der Waals surface area contributed by atoms with Gasteiger partial charge >= 0.3 is 0 Å². The molecule has 1 amide bonds. The Labute approximate surface area is 146 Å². The second-order valence-electron chi connectivity index (χ2n) is 6.02. The predicted octanol–water partition coefficient (Wildman–Crippen LogP) is 2.60. The Kier molecular flexibility index (Phi) is 5.30. The molecule has 1 saturated heterocycles. The first kappa shape index (κ1) is 16.7. The van der Waals surface area contributed by atoms with Crippen molar-refractivity contribution in [2.24, 2.45) is 0 Å². The van der Waals surface area contributed by atoms with Crippen molar-refractivity contribution in [3.63, 3.8) is 0 Å². The standard InChI is InChI=1S/C17H23N5OS/c1-12-9-14(24-11-12)17(23)19-6-5-18-15-10-16(21-13(2)20-15)22-7-3-4-8-22/h9-11H,3-8H2,1-2H3,(H,19,23)(H,18,20,21). The van der Waals surface area contributed by atoms with Crippen molar-refractivity contribution in [2.45, 2.75) is 26.7 Å². The molecule has 128 valence electrons. The van der Waals surface area contributed by atoms with Gasteiger partial charge < -0.3 is 15.5 Å². The summed E-state index contributed by atoms with van der Waals surface area (Å²) in [6.45, 7) is 7.21. The van der Waals surface area contributed by atoms with Crippen molar-refractivity contribution in [1.82, 2.24) is 15.3 Å². The van der Waals surface area contributed by atoms with E-state index in [-0.39, 0.29) is 5.91 Å². The molecule has 2 N–H and O–H groups in total. The van der Waals surface area contributed by atoms with Gasteiger partial charge in [-0.05, 0) is 43.7 Å². The molecule has 0 radical (unpaired) electrons. The number of aryl methyl sites for hydroxylation is 2. The first-order valence-electron chi connectivity index (χ1n) is 8.29. The summed E-state index contributed by atoms with van der Waals surface area (Å²) in [6, 6.07) is 3.90. The SMILES string of the molecule is Cc1csc(C(=O)NCCNc2cc(N3CCCC3)nc(C)n2)c1. The summed E-state index contributed by atoms with van der Waals surface area (Å²) < 4.78 is 0. The molecule has 0 atom stereocenters. The van der Waals surface area contributed by atoms with Crippen LogP contribution in [0.25, 0.3) is 0 Å². The topological polar surface area (TPSA) is 70.2 Å². The number of carbonyl (C=O) groups is 1. The quantitative estimate of drug-likeness (QED) is 0.788. The van der Waals surface area contributed by atoms with Gasteiger partial charge in [-0.15, -0.1) is 11.3 Å². The van der Waals surface area contributed by atoms with Crippen LogP contribution < -0.4 is 15.5 Å². The predicted molar refractivity (Wildman–Crippen MR) is 98.1 cm³/mol. The van der Waals surface area contributed by atoms with Gasteiger partial charge in [-0.1, -0.05) is 0 Å². The molecule has 0 bridgehead atoms. The van der Waals surface area contributed by atoms with Gasteiger partial charge in [0.1, 0.15) is 17.5 Å². The Hall–Kier alpha value is -2.15. The maximum absolute atomic E-state index is 12.0. The zero-order valence-corrected chi connectivity index (χ0v) is 14.9. The summed E-state index contributed by atoms with van der Waals surface area (Å²) in [7, 11) is 0. The van der Waals surface area contributed by atoms with Gasteiger partial charge in [0, 0.05) is 32.2 Å². The fourth-order valence-corrected chi connectivity index (χ4v) is 3.57. The van der Waals surface area contributed by atoms with Crippen LogP contribution in [-0.4, -0.2) is 42.1 Å². The Morgan fingerprint density at radius 3 is 2.71 bits per heavy atom. The van der Waals surface area contributed by atoms with Gasteiger partial charge in [0.15, 0.2) is 0 Å². The molecule has 3 rings (SSSR count). The molecule has 6 nitrogen and oxygen atoms in total. The van der Waals surface area contributed by atoms with Gasteiger partial charge in [-0.2, -0.15) is 0 Å². The summed E-state index contributed by atoms with van der Waals surface area (Å²) in [6.07, 6.45) is 2.44. The zero-order valence-electron chi connectivity index (χ0n) is 14.1. The van der Waals surface area contributed by atoms with Crippen LogP contribution in [0.4, 0.5) is 11.6 Å². The van der Waals surface area contributed by atoms with E-state index < -0.39 is 0 Å². The molecular formula is C17H23N5OS. The van der Waals surface area contributed by atoms with Crippen LogP contribution in [0.2, 0.25) is 0 Å². The summed E-state index contributed by atoms with van der Waals surface area (Å²) in [5.74, 6) is 2.54. The average molecular weight is 345 g/mol. The number of nitrogens with one attached hydrogen (secondary N) is 2. The zero-order chi connectivity index (χ0) is 16.9. The molecule has 0 spiro atoms. The van der Waals surface area contributed by atoms with E-state index in [1.165, 1.54) is 24.2 Å². The smallest absolute Gasteiger partial charge is 0.261 e. The number of thiophene rings is 1. The summed E-state index contributed by atoms with van der Waals surface area (Å²) >= 11 is 1.47. The fraction of sp³-hybridized carbons (Fsp3) is 0.471. The lowest BCUT2D eigenvalue weighted by molar-refractivity contribution is 0.0959. The van der Waals surface area contributed by atoms with E-state index in [0.29, 0.717) is 13.1 Å². The highest BCUT2D eigenvalue weighted by Gasteiger charge is 2.15. The first-order chi connectivity index (χ1) is 11.6. The van der Waals surface area contributed by atoms with Gasteiger partial charge in [0.2, 0.25) is 0 Å². The summed E-state index contributed by atoms with van der Waals surface area (Å²) in [4.78, 5) is 24.0. The average Bonchev–Trinajstić information content (AvgIpc) is 3.22. The Morgan fingerprint density at radius 1 is 1.21 bits per heavy atom. The van der Waals surface area contributed by atoms with Crippen molar-refractivity contribution in [3.05, 3.63) is 33.8 Å². The molecule has 0 aliphatic carbocycles. The number of carbonyl (C=O) groups excluding carboxylic acids is 1. The minimum atomic E-state index is -0.0217. The highest BCUT2D eigenvalue weighted by atomic mass is 32.1. The van der Waals surface area contributed by atoms with Crippen LogP contribution in [-0.2, 0) is 0 Å². The van der Waals surface area contributed by atoms with Crippen molar-refractivity contribution >= 4 is 28.9 Å². The highest BCUT2D eigenvalue weighted by Crippen LogP contribution is 2.20. The molecule has 24 heavy (non-hydrogen) atoms. The van der Waals surface area contributed by atoms with E-state index in [0.717, 1.165) is 41.0 Å². The maximum atomic E-state index is 12.0. The second-order valence-corrected chi connectivity index (χ2v) is 6.93. The van der Waals surface area contributed by atoms with Crippen LogP contribution in [0.5, 0.6) is 0 Å².